The first kappa shape index (κ1) is 42.1. The Morgan fingerprint density at radius 2 is 1.28 bits per heavy atom. The van der Waals surface area contributed by atoms with Crippen molar-refractivity contribution in [1.82, 2.24) is 19.2 Å². The average molecular weight is 1250 g/mol. The number of pyridine rings is 1. The fraction of sp³-hybridized carbons (Fsp3) is 0.111. The van der Waals surface area contributed by atoms with Gasteiger partial charge in [0.1, 0.15) is 5.82 Å². The first-order valence-electron chi connectivity index (χ1n) is 32.2. The Balaban J connectivity index is 0.00000773. The van der Waals surface area contributed by atoms with E-state index < -0.39 is 37.2 Å². The van der Waals surface area contributed by atoms with Crippen LogP contribution in [0.4, 0.5) is 17.1 Å². The first-order chi connectivity index (χ1) is 43.7. The van der Waals surface area contributed by atoms with Gasteiger partial charge in [0.2, 0.25) is 0 Å². The third kappa shape index (κ3) is 9.51. The van der Waals surface area contributed by atoms with Crippen LogP contribution >= 0.6 is 0 Å². The van der Waals surface area contributed by atoms with Crippen molar-refractivity contribution >= 4 is 63.5 Å². The molecule has 0 unspecified atom stereocenters. The van der Waals surface area contributed by atoms with Gasteiger partial charge in [0.25, 0.3) is 0 Å². The van der Waals surface area contributed by atoms with E-state index in [4.69, 9.17) is 15.7 Å². The molecule has 7 heterocycles. The number of rotatable bonds is 11. The maximum atomic E-state index is 9.34. The maximum absolute atomic E-state index is 9.34. The normalized spacial score (nSPS) is 17.3. The molecule has 0 amide bonds. The summed E-state index contributed by atoms with van der Waals surface area (Å²) in [5.74, 6) is 5.02. The largest absolute Gasteiger partial charge is 0.509 e. The number of hydrogen-bond donors (Lipinski definition) is 0. The van der Waals surface area contributed by atoms with E-state index in [1.54, 1.807) is 30.3 Å². The average Bonchev–Trinajstić information content (AvgIpc) is 1.31. The summed E-state index contributed by atoms with van der Waals surface area (Å²) in [6.45, 7) is 3.17. The molecule has 0 radical (unpaired) electrons. The first-order valence-corrected chi connectivity index (χ1v) is 27.2. The third-order valence-electron chi connectivity index (χ3n) is 15.8. The summed E-state index contributed by atoms with van der Waals surface area (Å²) in [6.07, 6.45) is 27.0. The van der Waals surface area contributed by atoms with E-state index >= 15 is 0 Å². The maximum Gasteiger partial charge on any atom is 0.320 e. The summed E-state index contributed by atoms with van der Waals surface area (Å²) in [6, 6.07) is 46.4. The van der Waals surface area contributed by atoms with E-state index in [0.717, 1.165) is 33.6 Å². The van der Waals surface area contributed by atoms with Crippen molar-refractivity contribution in [3.05, 3.63) is 301 Å². The second-order valence-electron chi connectivity index (χ2n) is 21.8. The predicted molar refractivity (Wildman–Crippen MR) is 337 cm³/mol. The zero-order chi connectivity index (χ0) is 63.3. The molecule has 0 N–H and O–H groups in total. The second kappa shape index (κ2) is 21.3. The summed E-state index contributed by atoms with van der Waals surface area (Å²) >= 11 is 0. The molecule has 2 aromatic heterocycles. The standard InChI is InChI=1S/C72H59B2N6O.Pt/c1-71(2,3)55-44-61(64-27-20-40-77-38-18-16-35-73(64)77)63(62(45-55)65-28-21-41-78-39-19-17-36-74(65)78)49-76-50-79(68-31-15-14-30-67(68)76)56-42-52(51-22-8-6-9-23-51)43-58(47-56)81-57-32-33-60-59-26-12-13-29-66(59)80(69(60)48-57)70-46-54(34-37-75-70)72(4,5)53-24-10-7-11-25-53;/h6-46,50H,49H2,1-5H3;/q-3;/i4D3,5D3,12D,13D,26D,29D;. The quantitative estimate of drug-likeness (QED) is 0.0949. The van der Waals surface area contributed by atoms with Crippen molar-refractivity contribution in [2.75, 3.05) is 9.80 Å². The molecule has 0 bridgehead atoms. The molecular weight excluding hydrogens is 1180 g/mol. The van der Waals surface area contributed by atoms with E-state index in [1.165, 1.54) is 57.1 Å². The molecular formula is C72H59B2N6OPt-3. The molecule has 5 aliphatic rings. The Bertz CT molecular complexity index is 4610. The zero-order valence-corrected chi connectivity index (χ0v) is 47.5. The number of allylic oxidation sites excluding steroid dienone is 8. The molecule has 9 aromatic rings. The van der Waals surface area contributed by atoms with Crippen LogP contribution in [0.5, 0.6) is 11.5 Å². The van der Waals surface area contributed by atoms with Gasteiger partial charge in [-0.2, -0.15) is 12.7 Å². The van der Waals surface area contributed by atoms with Gasteiger partial charge in [0.05, 0.1) is 5.48 Å². The van der Waals surface area contributed by atoms with Crippen LogP contribution in [0, 0.1) is 18.8 Å². The van der Waals surface area contributed by atoms with Crippen molar-refractivity contribution < 1.29 is 39.5 Å². The molecule has 14 rings (SSSR count). The molecule has 0 spiro atoms. The van der Waals surface area contributed by atoms with Gasteiger partial charge in [0.15, 0.2) is 0 Å². The van der Waals surface area contributed by atoms with Crippen molar-refractivity contribution in [3.8, 4) is 28.4 Å². The van der Waals surface area contributed by atoms with Gasteiger partial charge in [-0.3, -0.25) is 0 Å². The van der Waals surface area contributed by atoms with E-state index in [0.29, 0.717) is 23.4 Å². The fourth-order valence-electron chi connectivity index (χ4n) is 11.6. The molecule has 10 heteroatoms. The monoisotopic (exact) mass is 1250 g/mol. The molecule has 0 atom stereocenters. The number of nitrogens with zero attached hydrogens (tertiary/aromatic N) is 6. The number of fused-ring (bicyclic) bond motifs is 6. The van der Waals surface area contributed by atoms with Crippen LogP contribution in [-0.4, -0.2) is 32.9 Å². The topological polar surface area (TPSA) is 40.0 Å². The Morgan fingerprint density at radius 1 is 0.622 bits per heavy atom. The van der Waals surface area contributed by atoms with Crippen molar-refractivity contribution in [2.24, 2.45) is 0 Å². The summed E-state index contributed by atoms with van der Waals surface area (Å²) in [7, 11) is 0. The van der Waals surface area contributed by atoms with Crippen molar-refractivity contribution in [1.29, 1.82) is 0 Å². The van der Waals surface area contributed by atoms with Crippen LogP contribution in [0.3, 0.4) is 0 Å². The molecule has 82 heavy (non-hydrogen) atoms. The summed E-state index contributed by atoms with van der Waals surface area (Å²) in [5.41, 5.74) is 8.88. The van der Waals surface area contributed by atoms with Gasteiger partial charge in [-0.15, -0.1) is 47.0 Å². The van der Waals surface area contributed by atoms with Crippen LogP contribution in [0.2, 0.25) is 0 Å². The van der Waals surface area contributed by atoms with Crippen LogP contribution in [0.25, 0.3) is 49.7 Å². The SMILES string of the molecule is [2H]c1c([2H])c([2H])c2c(c1[2H])c1ccc(Oc3[c-]c(N4[CH-]N(Cc5c(C6=CC=CN7C=CC=CB67)cc(C(C)(C)C)cc5C5=CC=CN6C=CC=CB56)c5ccccc54)cc(-c4ccccc4)c3)[c-]c1n2-c1cc(C(c2ccccc2)(C([2H])([2H])[2H])C([2H])([2H])[2H])ccn1.[Pt]. The molecule has 7 nitrogen and oxygen atoms in total. The Kier molecular flexibility index (Phi) is 10.9. The van der Waals surface area contributed by atoms with Crippen molar-refractivity contribution in [2.45, 2.75) is 51.8 Å². The minimum absolute atomic E-state index is 0. The minimum Gasteiger partial charge on any atom is -0.509 e. The number of benzene rings is 7. The van der Waals surface area contributed by atoms with E-state index in [2.05, 4.69) is 186 Å². The number of para-hydroxylation sites is 3. The van der Waals surface area contributed by atoms with Gasteiger partial charge in [-0.25, -0.2) is 4.98 Å². The fourth-order valence-corrected chi connectivity index (χ4v) is 11.6. The van der Waals surface area contributed by atoms with Gasteiger partial charge < -0.3 is 28.7 Å². The second-order valence-corrected chi connectivity index (χ2v) is 21.8. The van der Waals surface area contributed by atoms with Crippen LogP contribution < -0.4 is 14.5 Å². The molecule has 0 aliphatic carbocycles. The number of aromatic nitrogens is 2. The van der Waals surface area contributed by atoms with E-state index in [9.17, 15) is 2.74 Å². The summed E-state index contributed by atoms with van der Waals surface area (Å²) < 4.78 is 98.0. The van der Waals surface area contributed by atoms with Gasteiger partial charge >= 0.3 is 13.7 Å². The van der Waals surface area contributed by atoms with E-state index in [-0.39, 0.29) is 85.3 Å². The molecule has 0 saturated carbocycles. The molecule has 0 fully saturated rings. The Hall–Kier alpha value is -8.77. The van der Waals surface area contributed by atoms with Crippen molar-refractivity contribution in [3.63, 3.8) is 0 Å². The zero-order valence-electron chi connectivity index (χ0n) is 55.2. The van der Waals surface area contributed by atoms with Gasteiger partial charge in [0, 0.05) is 75.8 Å². The van der Waals surface area contributed by atoms with E-state index in [1.807, 2.05) is 42.5 Å². The molecule has 402 valence electrons. The molecule has 7 aromatic carbocycles. The van der Waals surface area contributed by atoms with Gasteiger partial charge in [-0.1, -0.05) is 179 Å². The minimum atomic E-state index is -3.12. The molecule has 5 aliphatic heterocycles. The Morgan fingerprint density at radius 3 is 1.98 bits per heavy atom. The third-order valence-corrected chi connectivity index (χ3v) is 15.8. The van der Waals surface area contributed by atoms with Crippen LogP contribution in [0.15, 0.2) is 249 Å². The van der Waals surface area contributed by atoms with Crippen LogP contribution in [-0.2, 0) is 38.4 Å². The van der Waals surface area contributed by atoms with Crippen LogP contribution in [0.1, 0.15) is 81.6 Å². The smallest absolute Gasteiger partial charge is 0.320 e. The number of ether oxygens (including phenoxy) is 1. The summed E-state index contributed by atoms with van der Waals surface area (Å²) in [5, 5.41) is 0.526. The number of hydrogen-bond acceptors (Lipinski definition) is 6. The Labute approximate surface area is 511 Å². The predicted octanol–water partition coefficient (Wildman–Crippen LogP) is 16.9. The molecule has 0 saturated heterocycles. The number of anilines is 3. The summed E-state index contributed by atoms with van der Waals surface area (Å²) in [4.78, 5) is 13.6. The van der Waals surface area contributed by atoms with Gasteiger partial charge in [-0.05, 0) is 140 Å².